The van der Waals surface area contributed by atoms with Crippen LogP contribution in [0.3, 0.4) is 0 Å². The highest BCUT2D eigenvalue weighted by Gasteiger charge is 2.31. The maximum Gasteiger partial charge on any atom is 0.245 e. The highest BCUT2D eigenvalue weighted by Crippen LogP contribution is 2.12. The summed E-state index contributed by atoms with van der Waals surface area (Å²) in [6.45, 7) is 8.88. The second-order valence-electron chi connectivity index (χ2n) is 6.25. The van der Waals surface area contributed by atoms with Crippen LogP contribution in [0.5, 0.6) is 0 Å². The molecule has 2 aliphatic heterocycles. The maximum absolute atomic E-state index is 12.4. The van der Waals surface area contributed by atoms with Crippen molar-refractivity contribution in [1.82, 2.24) is 15.1 Å². The highest BCUT2D eigenvalue weighted by molar-refractivity contribution is 5.90. The topological polar surface area (TPSA) is 52.7 Å². The fourth-order valence-electron chi connectivity index (χ4n) is 2.97. The van der Waals surface area contributed by atoms with Crippen molar-refractivity contribution in [1.29, 1.82) is 0 Å². The van der Waals surface area contributed by atoms with E-state index in [0.29, 0.717) is 12.8 Å². The van der Waals surface area contributed by atoms with Gasteiger partial charge in [-0.1, -0.05) is 11.6 Å². The van der Waals surface area contributed by atoms with Gasteiger partial charge in [-0.25, -0.2) is 0 Å². The van der Waals surface area contributed by atoms with E-state index in [1.54, 1.807) is 0 Å². The maximum atomic E-state index is 12.4. The third-order valence-electron chi connectivity index (χ3n) is 4.19. The molecule has 2 aliphatic rings. The lowest BCUT2D eigenvalue weighted by molar-refractivity contribution is -0.134. The monoisotopic (exact) mass is 293 g/mol. The van der Waals surface area contributed by atoms with E-state index >= 15 is 0 Å². The Morgan fingerprint density at radius 3 is 2.76 bits per heavy atom. The molecule has 0 aliphatic carbocycles. The van der Waals surface area contributed by atoms with Gasteiger partial charge in [-0.2, -0.15) is 0 Å². The van der Waals surface area contributed by atoms with Gasteiger partial charge in [0.05, 0.1) is 0 Å². The number of allylic oxidation sites excluding steroid dienone is 1. The SMILES string of the molecule is CC(C)=CCCN1CCCN(C(=O)C2CCC(=O)N2)CC1. The molecule has 5 heteroatoms. The standard InChI is InChI=1S/C16H27N3O2/c1-13(2)5-3-8-18-9-4-10-19(12-11-18)16(21)14-6-7-15(20)17-14/h5,14H,3-4,6-12H2,1-2H3,(H,17,20). The normalized spacial score (nSPS) is 23.6. The van der Waals surface area contributed by atoms with Gasteiger partial charge in [0.15, 0.2) is 0 Å². The van der Waals surface area contributed by atoms with E-state index in [2.05, 4.69) is 30.1 Å². The predicted molar refractivity (Wildman–Crippen MR) is 82.8 cm³/mol. The molecule has 2 amide bonds. The summed E-state index contributed by atoms with van der Waals surface area (Å²) < 4.78 is 0. The number of nitrogens with zero attached hydrogens (tertiary/aromatic N) is 2. The summed E-state index contributed by atoms with van der Waals surface area (Å²) in [6, 6.07) is -0.283. The Hall–Kier alpha value is -1.36. The third kappa shape index (κ3) is 4.84. The lowest BCUT2D eigenvalue weighted by atomic mass is 10.2. The van der Waals surface area contributed by atoms with E-state index in [1.165, 1.54) is 5.57 Å². The van der Waals surface area contributed by atoms with Gasteiger partial charge in [-0.05, 0) is 39.7 Å². The molecule has 0 bridgehead atoms. The molecule has 2 heterocycles. The van der Waals surface area contributed by atoms with Crippen LogP contribution >= 0.6 is 0 Å². The third-order valence-corrected chi connectivity index (χ3v) is 4.19. The van der Waals surface area contributed by atoms with E-state index in [-0.39, 0.29) is 17.9 Å². The molecule has 0 aromatic carbocycles. The van der Waals surface area contributed by atoms with Crippen molar-refractivity contribution < 1.29 is 9.59 Å². The van der Waals surface area contributed by atoms with E-state index < -0.39 is 0 Å². The van der Waals surface area contributed by atoms with Crippen molar-refractivity contribution in [2.75, 3.05) is 32.7 Å². The van der Waals surface area contributed by atoms with Crippen LogP contribution in [0.25, 0.3) is 0 Å². The van der Waals surface area contributed by atoms with Gasteiger partial charge in [0.25, 0.3) is 0 Å². The molecule has 1 unspecified atom stereocenters. The van der Waals surface area contributed by atoms with Crippen LogP contribution in [0.2, 0.25) is 0 Å². The lowest BCUT2D eigenvalue weighted by Gasteiger charge is -2.24. The van der Waals surface area contributed by atoms with E-state index in [1.807, 2.05) is 4.90 Å². The van der Waals surface area contributed by atoms with Crippen molar-refractivity contribution in [3.8, 4) is 0 Å². The minimum absolute atomic E-state index is 0.00604. The fourth-order valence-corrected chi connectivity index (χ4v) is 2.97. The van der Waals surface area contributed by atoms with Gasteiger partial charge < -0.3 is 15.1 Å². The van der Waals surface area contributed by atoms with Crippen LogP contribution < -0.4 is 5.32 Å². The number of rotatable bonds is 4. The van der Waals surface area contributed by atoms with Crippen LogP contribution in [-0.4, -0.2) is 60.4 Å². The second kappa shape index (κ2) is 7.59. The van der Waals surface area contributed by atoms with Crippen molar-refractivity contribution in [2.45, 2.75) is 45.6 Å². The molecule has 1 N–H and O–H groups in total. The Labute approximate surface area is 127 Å². The molecule has 2 rings (SSSR count). The summed E-state index contributed by atoms with van der Waals surface area (Å²) in [4.78, 5) is 28.0. The van der Waals surface area contributed by atoms with Crippen molar-refractivity contribution in [2.24, 2.45) is 0 Å². The van der Waals surface area contributed by atoms with E-state index in [0.717, 1.165) is 45.6 Å². The van der Waals surface area contributed by atoms with Gasteiger partial charge in [0.2, 0.25) is 11.8 Å². The molecule has 2 saturated heterocycles. The molecule has 1 atom stereocenters. The molecule has 0 aromatic heterocycles. The highest BCUT2D eigenvalue weighted by atomic mass is 16.2. The van der Waals surface area contributed by atoms with E-state index in [4.69, 9.17) is 0 Å². The largest absolute Gasteiger partial charge is 0.344 e. The minimum Gasteiger partial charge on any atom is -0.344 e. The van der Waals surface area contributed by atoms with Gasteiger partial charge in [0.1, 0.15) is 6.04 Å². The van der Waals surface area contributed by atoms with Gasteiger partial charge in [-0.3, -0.25) is 9.59 Å². The average molecular weight is 293 g/mol. The van der Waals surface area contributed by atoms with Crippen LogP contribution in [0.1, 0.15) is 39.5 Å². The molecule has 5 nitrogen and oxygen atoms in total. The minimum atomic E-state index is -0.283. The average Bonchev–Trinajstić information content (AvgIpc) is 2.73. The summed E-state index contributed by atoms with van der Waals surface area (Å²) in [5, 5.41) is 2.78. The smallest absolute Gasteiger partial charge is 0.245 e. The summed E-state index contributed by atoms with van der Waals surface area (Å²) in [6.07, 6.45) is 5.50. The van der Waals surface area contributed by atoms with Crippen molar-refractivity contribution in [3.05, 3.63) is 11.6 Å². The van der Waals surface area contributed by atoms with Gasteiger partial charge in [0, 0.05) is 32.6 Å². The molecular formula is C16H27N3O2. The van der Waals surface area contributed by atoms with Crippen LogP contribution in [0, 0.1) is 0 Å². The number of hydrogen-bond donors (Lipinski definition) is 1. The quantitative estimate of drug-likeness (QED) is 0.791. The number of carbonyl (C=O) groups is 2. The summed E-state index contributed by atoms with van der Waals surface area (Å²) >= 11 is 0. The molecule has 0 saturated carbocycles. The number of hydrogen-bond acceptors (Lipinski definition) is 3. The lowest BCUT2D eigenvalue weighted by Crippen LogP contribution is -2.45. The predicted octanol–water partition coefficient (Wildman–Crippen LogP) is 1.16. The zero-order valence-corrected chi connectivity index (χ0v) is 13.2. The summed E-state index contributed by atoms with van der Waals surface area (Å²) in [5.41, 5.74) is 1.36. The van der Waals surface area contributed by atoms with Gasteiger partial charge >= 0.3 is 0 Å². The molecule has 21 heavy (non-hydrogen) atoms. The molecular weight excluding hydrogens is 266 g/mol. The Bertz CT molecular complexity index is 416. The van der Waals surface area contributed by atoms with Crippen LogP contribution in [0.15, 0.2) is 11.6 Å². The van der Waals surface area contributed by atoms with Gasteiger partial charge in [-0.15, -0.1) is 0 Å². The van der Waals surface area contributed by atoms with E-state index in [9.17, 15) is 9.59 Å². The van der Waals surface area contributed by atoms with Crippen molar-refractivity contribution >= 4 is 11.8 Å². The first kappa shape index (κ1) is 16.0. The fraction of sp³-hybridized carbons (Fsp3) is 0.750. The second-order valence-corrected chi connectivity index (χ2v) is 6.25. The molecule has 0 aromatic rings. The zero-order valence-electron chi connectivity index (χ0n) is 13.2. The van der Waals surface area contributed by atoms with Crippen LogP contribution in [-0.2, 0) is 9.59 Å². The Kier molecular flexibility index (Phi) is 5.79. The Balaban J connectivity index is 1.79. The summed E-state index contributed by atoms with van der Waals surface area (Å²) in [7, 11) is 0. The zero-order chi connectivity index (χ0) is 15.2. The molecule has 0 spiro atoms. The Morgan fingerprint density at radius 2 is 2.10 bits per heavy atom. The summed E-state index contributed by atoms with van der Waals surface area (Å²) in [5.74, 6) is 0.110. The molecule has 118 valence electrons. The number of nitrogens with one attached hydrogen (secondary N) is 1. The first-order valence-corrected chi connectivity index (χ1v) is 8.00. The number of amides is 2. The van der Waals surface area contributed by atoms with Crippen LogP contribution in [0.4, 0.5) is 0 Å². The number of carbonyl (C=O) groups excluding carboxylic acids is 2. The van der Waals surface area contributed by atoms with Crippen molar-refractivity contribution in [3.63, 3.8) is 0 Å². The molecule has 2 fully saturated rings. The first-order valence-electron chi connectivity index (χ1n) is 8.00. The first-order chi connectivity index (χ1) is 10.1. The Morgan fingerprint density at radius 1 is 1.29 bits per heavy atom. The molecule has 0 radical (unpaired) electrons.